The molecule has 1 N–H and O–H groups in total. The van der Waals surface area contributed by atoms with Gasteiger partial charge >= 0.3 is 0 Å². The van der Waals surface area contributed by atoms with Crippen molar-refractivity contribution in [1.82, 2.24) is 9.55 Å². The molecule has 0 bridgehead atoms. The van der Waals surface area contributed by atoms with E-state index in [2.05, 4.69) is 16.8 Å². The molecule has 0 aliphatic heterocycles. The van der Waals surface area contributed by atoms with Crippen LogP contribution in [0.1, 0.15) is 4.88 Å². The number of hydrogen-bond acceptors (Lipinski definition) is 5. The maximum absolute atomic E-state index is 8.81. The molecule has 0 atom stereocenters. The molecule has 0 saturated heterocycles. The minimum Gasteiger partial charge on any atom is -0.497 e. The molecule has 0 amide bonds. The Balaban J connectivity index is 2.06. The summed E-state index contributed by atoms with van der Waals surface area (Å²) in [5.74, 6) is 7.83. The Bertz CT molecular complexity index is 902. The molecule has 0 radical (unpaired) electrons. The molecule has 2 heterocycles. The molecule has 0 aliphatic rings. The molecule has 0 spiro atoms. The van der Waals surface area contributed by atoms with Crippen LogP contribution in [0.25, 0.3) is 16.4 Å². The van der Waals surface area contributed by atoms with E-state index in [4.69, 9.17) is 14.6 Å². The van der Waals surface area contributed by atoms with E-state index in [0.29, 0.717) is 0 Å². The van der Waals surface area contributed by atoms with Gasteiger partial charge in [-0.15, -0.1) is 11.3 Å². The van der Waals surface area contributed by atoms with E-state index >= 15 is 0 Å². The van der Waals surface area contributed by atoms with Crippen molar-refractivity contribution < 1.29 is 14.6 Å². The summed E-state index contributed by atoms with van der Waals surface area (Å²) in [6.07, 6.45) is 3.62. The highest BCUT2D eigenvalue weighted by molar-refractivity contribution is 7.15. The zero-order valence-corrected chi connectivity index (χ0v) is 14.1. The number of methoxy groups -OCH3 is 2. The standard InChI is InChI=1S/C18H16N2O3S/c1-22-13-5-7-16(23-2)15(12-13)20-10-9-19-18(20)17-8-6-14(24-17)4-3-11-21/h5-10,12,21H,11H2,1-2H3. The van der Waals surface area contributed by atoms with E-state index < -0.39 is 0 Å². The fraction of sp³-hybridized carbons (Fsp3) is 0.167. The van der Waals surface area contributed by atoms with Crippen molar-refractivity contribution in [3.8, 4) is 39.7 Å². The third-order valence-electron chi connectivity index (χ3n) is 3.40. The lowest BCUT2D eigenvalue weighted by Gasteiger charge is -2.13. The van der Waals surface area contributed by atoms with E-state index in [9.17, 15) is 0 Å². The topological polar surface area (TPSA) is 56.5 Å². The monoisotopic (exact) mass is 340 g/mol. The molecule has 3 aromatic rings. The van der Waals surface area contributed by atoms with Crippen LogP contribution in [0, 0.1) is 11.8 Å². The molecular formula is C18H16N2O3S. The van der Waals surface area contributed by atoms with Crippen LogP contribution in [0.15, 0.2) is 42.7 Å². The second-order valence-corrected chi connectivity index (χ2v) is 5.87. The number of imidazole rings is 1. The van der Waals surface area contributed by atoms with Crippen LogP contribution in [0.4, 0.5) is 0 Å². The molecular weight excluding hydrogens is 324 g/mol. The number of aromatic nitrogens is 2. The Hall–Kier alpha value is -2.75. The lowest BCUT2D eigenvalue weighted by atomic mass is 10.2. The molecule has 0 aliphatic carbocycles. The molecule has 5 nitrogen and oxygen atoms in total. The first-order chi connectivity index (χ1) is 11.8. The number of thiophene rings is 1. The Morgan fingerprint density at radius 1 is 1.21 bits per heavy atom. The fourth-order valence-corrected chi connectivity index (χ4v) is 3.19. The minimum absolute atomic E-state index is 0.150. The predicted octanol–water partition coefficient (Wildman–Crippen LogP) is 2.96. The molecule has 0 unspecified atom stereocenters. The van der Waals surface area contributed by atoms with Gasteiger partial charge in [-0.3, -0.25) is 4.57 Å². The van der Waals surface area contributed by atoms with E-state index in [1.807, 2.05) is 41.1 Å². The molecule has 3 rings (SSSR count). The van der Waals surface area contributed by atoms with Crippen LogP contribution in [0.2, 0.25) is 0 Å². The van der Waals surface area contributed by atoms with Crippen LogP contribution in [-0.2, 0) is 0 Å². The van der Waals surface area contributed by atoms with Gasteiger partial charge in [0, 0.05) is 18.5 Å². The van der Waals surface area contributed by atoms with Crippen LogP contribution >= 0.6 is 11.3 Å². The van der Waals surface area contributed by atoms with E-state index in [1.165, 1.54) is 11.3 Å². The number of rotatable bonds is 4. The summed E-state index contributed by atoms with van der Waals surface area (Å²) in [5.41, 5.74) is 0.848. The molecule has 0 saturated carbocycles. The summed E-state index contributed by atoms with van der Waals surface area (Å²) >= 11 is 1.52. The van der Waals surface area contributed by atoms with Crippen LogP contribution in [0.5, 0.6) is 11.5 Å². The van der Waals surface area contributed by atoms with Crippen molar-refractivity contribution in [2.75, 3.05) is 20.8 Å². The summed E-state index contributed by atoms with van der Waals surface area (Å²) < 4.78 is 12.7. The number of aliphatic hydroxyl groups is 1. The predicted molar refractivity (Wildman–Crippen MR) is 93.9 cm³/mol. The number of ether oxygens (including phenoxy) is 2. The molecule has 1 aromatic carbocycles. The first-order valence-corrected chi connectivity index (χ1v) is 8.04. The minimum atomic E-state index is -0.150. The molecule has 6 heteroatoms. The SMILES string of the molecule is COc1ccc(OC)c(-n2ccnc2-c2ccc(C#CCO)s2)c1. The largest absolute Gasteiger partial charge is 0.497 e. The zero-order valence-electron chi connectivity index (χ0n) is 13.3. The first-order valence-electron chi connectivity index (χ1n) is 7.22. The molecule has 24 heavy (non-hydrogen) atoms. The quantitative estimate of drug-likeness (QED) is 0.742. The van der Waals surface area contributed by atoms with E-state index in [1.54, 1.807) is 20.4 Å². The van der Waals surface area contributed by atoms with Crippen molar-refractivity contribution in [2.45, 2.75) is 0 Å². The van der Waals surface area contributed by atoms with Gasteiger partial charge in [0.15, 0.2) is 5.82 Å². The van der Waals surface area contributed by atoms with Gasteiger partial charge < -0.3 is 14.6 Å². The Morgan fingerprint density at radius 3 is 2.83 bits per heavy atom. The Labute approximate surface area is 144 Å². The highest BCUT2D eigenvalue weighted by atomic mass is 32.1. The van der Waals surface area contributed by atoms with Crippen molar-refractivity contribution in [2.24, 2.45) is 0 Å². The molecule has 0 fully saturated rings. The highest BCUT2D eigenvalue weighted by Gasteiger charge is 2.14. The average Bonchev–Trinajstić information content (AvgIpc) is 3.28. The van der Waals surface area contributed by atoms with Gasteiger partial charge in [-0.05, 0) is 24.3 Å². The lowest BCUT2D eigenvalue weighted by molar-refractivity contribution is 0.350. The maximum Gasteiger partial charge on any atom is 0.154 e. The third-order valence-corrected chi connectivity index (χ3v) is 4.40. The van der Waals surface area contributed by atoms with Crippen molar-refractivity contribution in [3.63, 3.8) is 0 Å². The number of hydrogen-bond donors (Lipinski definition) is 1. The Morgan fingerprint density at radius 2 is 2.08 bits per heavy atom. The normalized spacial score (nSPS) is 10.1. The van der Waals surface area contributed by atoms with Gasteiger partial charge in [-0.2, -0.15) is 0 Å². The van der Waals surface area contributed by atoms with Crippen LogP contribution < -0.4 is 9.47 Å². The molecule has 122 valence electrons. The third kappa shape index (κ3) is 3.13. The van der Waals surface area contributed by atoms with Crippen molar-refractivity contribution >= 4 is 11.3 Å². The maximum atomic E-state index is 8.81. The van der Waals surface area contributed by atoms with E-state index in [-0.39, 0.29) is 6.61 Å². The summed E-state index contributed by atoms with van der Waals surface area (Å²) in [5, 5.41) is 8.81. The Kier molecular flexibility index (Phi) is 4.85. The van der Waals surface area contributed by atoms with Gasteiger partial charge in [0.05, 0.1) is 29.7 Å². The number of aliphatic hydroxyl groups excluding tert-OH is 1. The second kappa shape index (κ2) is 7.21. The summed E-state index contributed by atoms with van der Waals surface area (Å²) in [6.45, 7) is -0.150. The van der Waals surface area contributed by atoms with E-state index in [0.717, 1.165) is 32.8 Å². The smallest absolute Gasteiger partial charge is 0.154 e. The summed E-state index contributed by atoms with van der Waals surface area (Å²) in [4.78, 5) is 6.33. The lowest BCUT2D eigenvalue weighted by Crippen LogP contribution is -1.99. The second-order valence-electron chi connectivity index (χ2n) is 4.78. The number of benzene rings is 1. The van der Waals surface area contributed by atoms with Gasteiger partial charge in [-0.25, -0.2) is 4.98 Å². The average molecular weight is 340 g/mol. The van der Waals surface area contributed by atoms with Gasteiger partial charge in [0.2, 0.25) is 0 Å². The number of nitrogens with zero attached hydrogens (tertiary/aromatic N) is 2. The zero-order chi connectivity index (χ0) is 16.9. The molecule has 2 aromatic heterocycles. The highest BCUT2D eigenvalue weighted by Crippen LogP contribution is 2.33. The van der Waals surface area contributed by atoms with Gasteiger partial charge in [0.25, 0.3) is 0 Å². The summed E-state index contributed by atoms with van der Waals surface area (Å²) in [6, 6.07) is 9.52. The fourth-order valence-electron chi connectivity index (χ4n) is 2.32. The van der Waals surface area contributed by atoms with Gasteiger partial charge in [0.1, 0.15) is 18.1 Å². The van der Waals surface area contributed by atoms with Crippen molar-refractivity contribution in [1.29, 1.82) is 0 Å². The van der Waals surface area contributed by atoms with Crippen molar-refractivity contribution in [3.05, 3.63) is 47.6 Å². The van der Waals surface area contributed by atoms with Crippen LogP contribution in [0.3, 0.4) is 0 Å². The first kappa shape index (κ1) is 16.1. The van der Waals surface area contributed by atoms with Gasteiger partial charge in [-0.1, -0.05) is 11.8 Å². The van der Waals surface area contributed by atoms with Crippen LogP contribution in [-0.4, -0.2) is 35.5 Å². The summed E-state index contributed by atoms with van der Waals surface area (Å²) in [7, 11) is 3.27.